The minimum Gasteiger partial charge on any atom is -0.468 e. The molecular formula is C15H24N2O. The Kier molecular flexibility index (Phi) is 4.01. The Morgan fingerprint density at radius 3 is 2.61 bits per heavy atom. The van der Waals surface area contributed by atoms with Gasteiger partial charge in [0.1, 0.15) is 5.76 Å². The first-order valence-electron chi connectivity index (χ1n) is 7.44. The number of aryl methyl sites for hydroxylation is 1. The molecule has 100 valence electrons. The van der Waals surface area contributed by atoms with Crippen molar-refractivity contribution >= 4 is 0 Å². The highest BCUT2D eigenvalue weighted by molar-refractivity contribution is 5.17. The lowest BCUT2D eigenvalue weighted by Crippen LogP contribution is -2.17. The summed E-state index contributed by atoms with van der Waals surface area (Å²) in [4.78, 5) is 0. The summed E-state index contributed by atoms with van der Waals surface area (Å²) in [5, 5.41) is 7.08. The highest BCUT2D eigenvalue weighted by atomic mass is 16.3. The maximum atomic E-state index is 5.57. The van der Waals surface area contributed by atoms with Gasteiger partial charge in [0.25, 0.3) is 0 Å². The third kappa shape index (κ3) is 3.85. The standard InChI is InChI=1S/C15H24N2O/c1(2-9-16-13-4-5-13)3-12-8-10-18-15(12)11-17-14-6-7-14/h8,10,13-14,16-17H,1-7,9,11H2. The molecule has 2 saturated carbocycles. The van der Waals surface area contributed by atoms with E-state index in [2.05, 4.69) is 16.7 Å². The Labute approximate surface area is 109 Å². The van der Waals surface area contributed by atoms with Crippen LogP contribution in [0.5, 0.6) is 0 Å². The first-order valence-corrected chi connectivity index (χ1v) is 7.44. The van der Waals surface area contributed by atoms with Gasteiger partial charge in [-0.15, -0.1) is 0 Å². The molecule has 0 saturated heterocycles. The lowest BCUT2D eigenvalue weighted by molar-refractivity contribution is 0.476. The van der Waals surface area contributed by atoms with Crippen LogP contribution < -0.4 is 10.6 Å². The van der Waals surface area contributed by atoms with E-state index in [0.29, 0.717) is 0 Å². The van der Waals surface area contributed by atoms with E-state index in [1.165, 1.54) is 50.6 Å². The average Bonchev–Trinajstić information content (AvgIpc) is 3.28. The second-order valence-corrected chi connectivity index (χ2v) is 5.71. The molecule has 0 aliphatic heterocycles. The van der Waals surface area contributed by atoms with Gasteiger partial charge in [-0.1, -0.05) is 0 Å². The van der Waals surface area contributed by atoms with E-state index in [0.717, 1.165) is 30.8 Å². The van der Waals surface area contributed by atoms with Gasteiger partial charge < -0.3 is 15.1 Å². The van der Waals surface area contributed by atoms with Crippen molar-refractivity contribution in [2.24, 2.45) is 0 Å². The molecule has 1 aromatic rings. The lowest BCUT2D eigenvalue weighted by Gasteiger charge is -2.05. The zero-order valence-electron chi connectivity index (χ0n) is 11.1. The fourth-order valence-corrected chi connectivity index (χ4v) is 2.30. The summed E-state index contributed by atoms with van der Waals surface area (Å²) in [6.45, 7) is 2.09. The largest absolute Gasteiger partial charge is 0.468 e. The maximum absolute atomic E-state index is 5.57. The SMILES string of the molecule is c1cc(CCCCNC2CC2)c(CNC2CC2)o1. The van der Waals surface area contributed by atoms with Gasteiger partial charge in [0.15, 0.2) is 0 Å². The van der Waals surface area contributed by atoms with Gasteiger partial charge in [-0.05, 0) is 63.1 Å². The van der Waals surface area contributed by atoms with Gasteiger partial charge in [0, 0.05) is 12.1 Å². The van der Waals surface area contributed by atoms with E-state index in [4.69, 9.17) is 4.42 Å². The van der Waals surface area contributed by atoms with Crippen LogP contribution in [-0.4, -0.2) is 18.6 Å². The Hall–Kier alpha value is -0.800. The van der Waals surface area contributed by atoms with Crippen LogP contribution in [0, 0.1) is 0 Å². The first kappa shape index (κ1) is 12.2. The topological polar surface area (TPSA) is 37.2 Å². The molecule has 0 radical (unpaired) electrons. The third-order valence-electron chi connectivity index (χ3n) is 3.85. The van der Waals surface area contributed by atoms with Gasteiger partial charge in [0.05, 0.1) is 12.8 Å². The normalized spacial score (nSPS) is 19.3. The number of unbranched alkanes of at least 4 members (excludes halogenated alkanes) is 1. The van der Waals surface area contributed by atoms with Gasteiger partial charge in [-0.25, -0.2) is 0 Å². The van der Waals surface area contributed by atoms with E-state index in [9.17, 15) is 0 Å². The molecular weight excluding hydrogens is 224 g/mol. The average molecular weight is 248 g/mol. The van der Waals surface area contributed by atoms with E-state index in [1.807, 2.05) is 6.26 Å². The summed E-state index contributed by atoms with van der Waals surface area (Å²) in [7, 11) is 0. The molecule has 0 atom stereocenters. The van der Waals surface area contributed by atoms with Gasteiger partial charge in [-0.2, -0.15) is 0 Å². The molecule has 2 fully saturated rings. The third-order valence-corrected chi connectivity index (χ3v) is 3.85. The lowest BCUT2D eigenvalue weighted by atomic mass is 10.1. The highest BCUT2D eigenvalue weighted by Crippen LogP contribution is 2.21. The van der Waals surface area contributed by atoms with Crippen molar-refractivity contribution in [2.75, 3.05) is 6.54 Å². The summed E-state index contributed by atoms with van der Waals surface area (Å²) in [6.07, 6.45) is 11.0. The summed E-state index contributed by atoms with van der Waals surface area (Å²) in [5.41, 5.74) is 1.40. The second-order valence-electron chi connectivity index (χ2n) is 5.71. The van der Waals surface area contributed by atoms with E-state index < -0.39 is 0 Å². The predicted molar refractivity (Wildman–Crippen MR) is 72.5 cm³/mol. The monoisotopic (exact) mass is 248 g/mol. The summed E-state index contributed by atoms with van der Waals surface area (Å²) >= 11 is 0. The molecule has 18 heavy (non-hydrogen) atoms. The zero-order chi connectivity index (χ0) is 12.2. The van der Waals surface area contributed by atoms with Crippen LogP contribution >= 0.6 is 0 Å². The molecule has 0 aromatic carbocycles. The van der Waals surface area contributed by atoms with Gasteiger partial charge in [0.2, 0.25) is 0 Å². The highest BCUT2D eigenvalue weighted by Gasteiger charge is 2.21. The van der Waals surface area contributed by atoms with Crippen LogP contribution in [0.25, 0.3) is 0 Å². The van der Waals surface area contributed by atoms with Crippen molar-refractivity contribution in [3.63, 3.8) is 0 Å². The summed E-state index contributed by atoms with van der Waals surface area (Å²) in [5.74, 6) is 1.15. The molecule has 0 spiro atoms. The van der Waals surface area contributed by atoms with E-state index in [1.54, 1.807) is 0 Å². The van der Waals surface area contributed by atoms with Crippen molar-refractivity contribution in [3.8, 4) is 0 Å². The van der Waals surface area contributed by atoms with Crippen LogP contribution in [0.4, 0.5) is 0 Å². The number of hydrogen-bond acceptors (Lipinski definition) is 3. The van der Waals surface area contributed by atoms with Crippen LogP contribution in [-0.2, 0) is 13.0 Å². The van der Waals surface area contributed by atoms with Crippen molar-refractivity contribution in [1.29, 1.82) is 0 Å². The minimum absolute atomic E-state index is 0.755. The smallest absolute Gasteiger partial charge is 0.120 e. The molecule has 2 aliphatic rings. The minimum atomic E-state index is 0.755. The molecule has 2 aliphatic carbocycles. The van der Waals surface area contributed by atoms with Crippen LogP contribution in [0.1, 0.15) is 49.8 Å². The first-order chi connectivity index (χ1) is 8.92. The Morgan fingerprint density at radius 1 is 1.06 bits per heavy atom. The molecule has 0 unspecified atom stereocenters. The zero-order valence-corrected chi connectivity index (χ0v) is 11.1. The fraction of sp³-hybridized carbons (Fsp3) is 0.733. The molecule has 3 nitrogen and oxygen atoms in total. The van der Waals surface area contributed by atoms with Crippen LogP contribution in [0.15, 0.2) is 16.7 Å². The molecule has 1 heterocycles. The number of rotatable bonds is 9. The predicted octanol–water partition coefficient (Wildman–Crippen LogP) is 2.61. The van der Waals surface area contributed by atoms with Gasteiger partial charge in [-0.3, -0.25) is 0 Å². The van der Waals surface area contributed by atoms with Crippen molar-refractivity contribution in [1.82, 2.24) is 10.6 Å². The Morgan fingerprint density at radius 2 is 1.83 bits per heavy atom. The van der Waals surface area contributed by atoms with Crippen LogP contribution in [0.3, 0.4) is 0 Å². The van der Waals surface area contributed by atoms with E-state index >= 15 is 0 Å². The molecule has 0 bridgehead atoms. The number of hydrogen-bond donors (Lipinski definition) is 2. The van der Waals surface area contributed by atoms with Crippen molar-refractivity contribution in [2.45, 2.75) is 63.6 Å². The fourth-order valence-electron chi connectivity index (χ4n) is 2.30. The molecule has 0 amide bonds. The molecule has 3 rings (SSSR count). The number of furan rings is 1. The summed E-state index contributed by atoms with van der Waals surface area (Å²) < 4.78 is 5.57. The van der Waals surface area contributed by atoms with Gasteiger partial charge >= 0.3 is 0 Å². The summed E-state index contributed by atoms with van der Waals surface area (Å²) in [6, 6.07) is 3.74. The molecule has 1 aromatic heterocycles. The molecule has 2 N–H and O–H groups in total. The molecule has 3 heteroatoms. The Bertz CT molecular complexity index is 366. The maximum Gasteiger partial charge on any atom is 0.120 e. The quantitative estimate of drug-likeness (QED) is 0.660. The Balaban J connectivity index is 1.33. The van der Waals surface area contributed by atoms with Crippen molar-refractivity contribution < 1.29 is 4.42 Å². The second kappa shape index (κ2) is 5.89. The van der Waals surface area contributed by atoms with E-state index in [-0.39, 0.29) is 0 Å². The van der Waals surface area contributed by atoms with Crippen molar-refractivity contribution in [3.05, 3.63) is 23.7 Å². The van der Waals surface area contributed by atoms with Crippen LogP contribution in [0.2, 0.25) is 0 Å². The number of nitrogens with one attached hydrogen (secondary N) is 2.